The van der Waals surface area contributed by atoms with Gasteiger partial charge in [0.1, 0.15) is 11.4 Å². The quantitative estimate of drug-likeness (QED) is 0.255. The van der Waals surface area contributed by atoms with Gasteiger partial charge in [0.05, 0.1) is 22.2 Å². The van der Waals surface area contributed by atoms with E-state index in [2.05, 4.69) is 114 Å². The Morgan fingerprint density at radius 2 is 1.40 bits per heavy atom. The normalized spacial score (nSPS) is 21.8. The molecule has 1 unspecified atom stereocenters. The number of amides is 1. The number of carbonyl (C=O) groups is 1. The van der Waals surface area contributed by atoms with Crippen LogP contribution >= 0.6 is 0 Å². The highest BCUT2D eigenvalue weighted by molar-refractivity contribution is 6.62. The number of rotatable bonds is 4. The van der Waals surface area contributed by atoms with Crippen LogP contribution in [0.15, 0.2) is 66.7 Å². The second kappa shape index (κ2) is 9.71. The molecule has 0 bridgehead atoms. The van der Waals surface area contributed by atoms with Gasteiger partial charge >= 0.3 is 13.2 Å². The summed E-state index contributed by atoms with van der Waals surface area (Å²) in [4.78, 5) is 22.2. The van der Waals surface area contributed by atoms with Crippen LogP contribution in [-0.2, 0) is 14.8 Å². The summed E-state index contributed by atoms with van der Waals surface area (Å²) in [5.74, 6) is 0.723. The molecule has 42 heavy (non-hydrogen) atoms. The van der Waals surface area contributed by atoms with Crippen molar-refractivity contribution in [1.29, 1.82) is 0 Å². The van der Waals surface area contributed by atoms with Crippen LogP contribution in [0.4, 0.5) is 4.79 Å². The van der Waals surface area contributed by atoms with Crippen molar-refractivity contribution in [2.75, 3.05) is 6.54 Å². The molecule has 0 saturated carbocycles. The van der Waals surface area contributed by atoms with Gasteiger partial charge in [-0.2, -0.15) is 0 Å². The Hall–Kier alpha value is -3.62. The summed E-state index contributed by atoms with van der Waals surface area (Å²) in [6.45, 7) is 15.1. The van der Waals surface area contributed by atoms with Crippen LogP contribution in [0.3, 0.4) is 0 Å². The van der Waals surface area contributed by atoms with Crippen molar-refractivity contribution in [2.45, 2.75) is 78.0 Å². The van der Waals surface area contributed by atoms with Gasteiger partial charge in [0.15, 0.2) is 0 Å². The van der Waals surface area contributed by atoms with E-state index >= 15 is 0 Å². The number of likely N-dealkylation sites (tertiary alicyclic amines) is 1. The lowest BCUT2D eigenvalue weighted by molar-refractivity contribution is 0.00578. The van der Waals surface area contributed by atoms with Gasteiger partial charge in [-0.3, -0.25) is 4.90 Å². The van der Waals surface area contributed by atoms with E-state index in [1.165, 1.54) is 0 Å². The maximum absolute atomic E-state index is 12.2. The third-order valence-electron chi connectivity index (χ3n) is 9.71. The van der Waals surface area contributed by atoms with E-state index < -0.39 is 11.6 Å². The minimum Gasteiger partial charge on any atom is -0.465 e. The molecule has 2 saturated heterocycles. The second-order valence-electron chi connectivity index (χ2n) is 13.8. The van der Waals surface area contributed by atoms with E-state index in [0.717, 1.165) is 57.4 Å². The largest absolute Gasteiger partial charge is 0.494 e. The lowest BCUT2D eigenvalue weighted by Gasteiger charge is -2.45. The number of hydrogen-bond donors (Lipinski definition) is 2. The monoisotopic (exact) mass is 565 g/mol. The van der Waals surface area contributed by atoms with E-state index in [1.807, 2.05) is 6.07 Å². The summed E-state index contributed by atoms with van der Waals surface area (Å²) in [5.41, 5.74) is 5.45. The molecule has 4 aromatic rings. The molecule has 2 N–H and O–H groups in total. The molecule has 0 radical (unpaired) electrons. The summed E-state index contributed by atoms with van der Waals surface area (Å²) in [6, 6.07) is 23.1. The highest BCUT2D eigenvalue weighted by Gasteiger charge is 2.55. The van der Waals surface area contributed by atoms with E-state index in [-0.39, 0.29) is 23.7 Å². The predicted molar refractivity (Wildman–Crippen MR) is 168 cm³/mol. The van der Waals surface area contributed by atoms with E-state index in [4.69, 9.17) is 14.3 Å². The number of nitrogens with one attached hydrogen (secondary N) is 1. The fraction of sp³-hybridized carbons (Fsp3) is 0.412. The van der Waals surface area contributed by atoms with Gasteiger partial charge in [0, 0.05) is 6.54 Å². The average Bonchev–Trinajstić information content (AvgIpc) is 3.62. The average molecular weight is 566 g/mol. The minimum absolute atomic E-state index is 0.322. The molecule has 6 rings (SSSR count). The third-order valence-corrected chi connectivity index (χ3v) is 9.71. The van der Waals surface area contributed by atoms with Gasteiger partial charge in [-0.25, -0.2) is 9.78 Å². The molecule has 1 aromatic heterocycles. The number of aromatic amines is 1. The molecule has 0 aliphatic carbocycles. The molecule has 1 amide bonds. The van der Waals surface area contributed by atoms with Crippen molar-refractivity contribution in [2.24, 2.45) is 5.41 Å². The van der Waals surface area contributed by atoms with Gasteiger partial charge in [0.2, 0.25) is 0 Å². The Labute approximate surface area is 248 Å². The molecule has 218 valence electrons. The van der Waals surface area contributed by atoms with Gasteiger partial charge in [-0.15, -0.1) is 0 Å². The fourth-order valence-electron chi connectivity index (χ4n) is 6.51. The molecular formula is C34H40BN3O4. The number of aromatic nitrogens is 2. The van der Waals surface area contributed by atoms with Crippen LogP contribution in [0.5, 0.6) is 0 Å². The zero-order chi connectivity index (χ0) is 30.1. The molecule has 3 heterocycles. The third kappa shape index (κ3) is 4.52. The van der Waals surface area contributed by atoms with Crippen LogP contribution in [0.25, 0.3) is 33.3 Å². The minimum atomic E-state index is -0.897. The number of benzene rings is 3. The Bertz CT molecular complexity index is 1620. The summed E-state index contributed by atoms with van der Waals surface area (Å²) >= 11 is 0. The van der Waals surface area contributed by atoms with Crippen LogP contribution in [-0.4, -0.2) is 50.9 Å². The zero-order valence-electron chi connectivity index (χ0n) is 25.6. The number of hydrogen-bond acceptors (Lipinski definition) is 4. The molecule has 3 aromatic carbocycles. The number of fused-ring (bicyclic) bond motifs is 1. The first-order valence-corrected chi connectivity index (χ1v) is 14.8. The van der Waals surface area contributed by atoms with Gasteiger partial charge in [-0.1, -0.05) is 75.4 Å². The second-order valence-corrected chi connectivity index (χ2v) is 13.8. The number of nitrogens with zero attached hydrogens (tertiary/aromatic N) is 2. The van der Waals surface area contributed by atoms with Crippen molar-refractivity contribution in [3.63, 3.8) is 0 Å². The maximum atomic E-state index is 12.2. The first kappa shape index (κ1) is 28.5. The Balaban J connectivity index is 1.25. The van der Waals surface area contributed by atoms with Gasteiger partial charge in [-0.05, 0) is 85.8 Å². The zero-order valence-corrected chi connectivity index (χ0v) is 25.6. The molecule has 8 heteroatoms. The van der Waals surface area contributed by atoms with Crippen molar-refractivity contribution < 1.29 is 19.2 Å². The van der Waals surface area contributed by atoms with Crippen LogP contribution in [0.1, 0.15) is 67.1 Å². The molecule has 7 nitrogen and oxygen atoms in total. The number of H-pyrrole nitrogens is 1. The summed E-state index contributed by atoms with van der Waals surface area (Å²) in [5, 5.41) is 10.0. The highest BCUT2D eigenvalue weighted by atomic mass is 16.7. The topological polar surface area (TPSA) is 87.7 Å². The highest BCUT2D eigenvalue weighted by Crippen LogP contribution is 2.50. The van der Waals surface area contributed by atoms with Gasteiger partial charge < -0.3 is 19.4 Å². The van der Waals surface area contributed by atoms with Crippen molar-refractivity contribution >= 4 is 29.7 Å². The first-order valence-electron chi connectivity index (χ1n) is 14.8. The standard InChI is InChI=1S/C34H40BN3O4/c1-31(2,3)34(19-8-20-38(34)30(39)40)29-36-27-18-15-25(21-28(27)37-29)24-11-9-22(10-12-24)23-13-16-26(17-14-23)35-41-32(4,5)33(6,7)42-35/h9-18,21H,8,19-20H2,1-7H3,(H,36,37)(H,39,40). The lowest BCUT2D eigenvalue weighted by atomic mass is 9.71. The Kier molecular flexibility index (Phi) is 6.59. The fourth-order valence-corrected chi connectivity index (χ4v) is 6.51. The molecule has 0 spiro atoms. The van der Waals surface area contributed by atoms with E-state index in [0.29, 0.717) is 6.54 Å². The first-order chi connectivity index (χ1) is 19.7. The molecule has 2 aliphatic rings. The number of imidazole rings is 1. The molecule has 2 fully saturated rings. The Morgan fingerprint density at radius 3 is 1.95 bits per heavy atom. The summed E-state index contributed by atoms with van der Waals surface area (Å²) in [6.07, 6.45) is 0.667. The lowest BCUT2D eigenvalue weighted by Crippen LogP contribution is -2.53. The van der Waals surface area contributed by atoms with Crippen LogP contribution < -0.4 is 5.46 Å². The van der Waals surface area contributed by atoms with Crippen molar-refractivity contribution in [3.8, 4) is 22.3 Å². The van der Waals surface area contributed by atoms with Crippen LogP contribution in [0, 0.1) is 5.41 Å². The van der Waals surface area contributed by atoms with E-state index in [9.17, 15) is 9.90 Å². The molecule has 1 atom stereocenters. The molecule has 2 aliphatic heterocycles. The van der Waals surface area contributed by atoms with Gasteiger partial charge in [0.25, 0.3) is 0 Å². The number of carboxylic acid groups (broad SMARTS) is 1. The smallest absolute Gasteiger partial charge is 0.465 e. The molecular weight excluding hydrogens is 525 g/mol. The predicted octanol–water partition coefficient (Wildman–Crippen LogP) is 7.21. The maximum Gasteiger partial charge on any atom is 0.494 e. The van der Waals surface area contributed by atoms with Crippen molar-refractivity contribution in [1.82, 2.24) is 14.9 Å². The van der Waals surface area contributed by atoms with Crippen molar-refractivity contribution in [3.05, 3.63) is 72.6 Å². The summed E-state index contributed by atoms with van der Waals surface area (Å²) < 4.78 is 12.4. The van der Waals surface area contributed by atoms with E-state index in [1.54, 1.807) is 4.90 Å². The van der Waals surface area contributed by atoms with Crippen LogP contribution in [0.2, 0.25) is 0 Å². The Morgan fingerprint density at radius 1 is 0.881 bits per heavy atom. The summed E-state index contributed by atoms with van der Waals surface area (Å²) in [7, 11) is -0.372. The SMILES string of the molecule is CC(C)(C)C1(c2nc3ccc(-c4ccc(-c5ccc(B6OC(C)(C)C(C)(C)O6)cc5)cc4)cc3[nH]2)CCCN1C(=O)O.